The molecule has 2 aromatic heterocycles. The average Bonchev–Trinajstić information content (AvgIpc) is 3.05. The first-order valence-corrected chi connectivity index (χ1v) is 6.38. The molecule has 0 saturated carbocycles. The lowest BCUT2D eigenvalue weighted by molar-refractivity contribution is -0.121. The van der Waals surface area contributed by atoms with Crippen molar-refractivity contribution in [3.05, 3.63) is 46.4 Å². The molecule has 5 nitrogen and oxygen atoms in total. The van der Waals surface area contributed by atoms with Crippen molar-refractivity contribution in [2.45, 2.75) is 12.8 Å². The number of aromatic amines is 1. The predicted molar refractivity (Wildman–Crippen MR) is 69.0 cm³/mol. The van der Waals surface area contributed by atoms with Gasteiger partial charge in [-0.05, 0) is 30.0 Å². The largest absolute Gasteiger partial charge is 0.357 e. The van der Waals surface area contributed by atoms with Gasteiger partial charge in [0.05, 0.1) is 0 Å². The number of thiophene rings is 1. The van der Waals surface area contributed by atoms with Crippen molar-refractivity contribution in [2.75, 3.05) is 0 Å². The Hall–Kier alpha value is -2.08. The summed E-state index contributed by atoms with van der Waals surface area (Å²) in [4.78, 5) is 26.9. The molecule has 0 bridgehead atoms. The van der Waals surface area contributed by atoms with Crippen LogP contribution < -0.4 is 10.9 Å². The second-order valence-electron chi connectivity index (χ2n) is 3.67. The normalized spacial score (nSPS) is 10.0. The van der Waals surface area contributed by atoms with Crippen LogP contribution in [0, 0.1) is 0 Å². The third-order valence-electron chi connectivity index (χ3n) is 2.34. The fraction of sp³-hybridized carbons (Fsp3) is 0.167. The number of aryl methyl sites for hydroxylation is 1. The molecular weight excluding hydrogens is 250 g/mol. The van der Waals surface area contributed by atoms with Crippen molar-refractivity contribution in [2.24, 2.45) is 0 Å². The minimum Gasteiger partial charge on any atom is -0.357 e. The molecule has 0 aliphatic heterocycles. The molecule has 2 amide bonds. The standard InChI is InChI=1S/C12H13N3O2S/c16-11(6-5-9-3-2-8-18-9)14-15-12(17)10-4-1-7-13-10/h1-4,7-8,13H,5-6H2,(H,14,16)(H,15,17). The van der Waals surface area contributed by atoms with Crippen LogP contribution in [0.2, 0.25) is 0 Å². The van der Waals surface area contributed by atoms with Gasteiger partial charge in [0.1, 0.15) is 5.69 Å². The van der Waals surface area contributed by atoms with Crippen LogP contribution in [0.4, 0.5) is 0 Å². The zero-order valence-electron chi connectivity index (χ0n) is 9.60. The third kappa shape index (κ3) is 3.46. The number of carbonyl (C=O) groups is 2. The van der Waals surface area contributed by atoms with Crippen LogP contribution in [0.25, 0.3) is 0 Å². The SMILES string of the molecule is O=C(CCc1cccs1)NNC(=O)c1ccc[nH]1. The van der Waals surface area contributed by atoms with E-state index in [9.17, 15) is 9.59 Å². The van der Waals surface area contributed by atoms with Gasteiger partial charge in [0, 0.05) is 17.5 Å². The fourth-order valence-electron chi connectivity index (χ4n) is 1.42. The van der Waals surface area contributed by atoms with Crippen LogP contribution in [-0.2, 0) is 11.2 Å². The van der Waals surface area contributed by atoms with E-state index in [2.05, 4.69) is 15.8 Å². The molecule has 0 saturated heterocycles. The van der Waals surface area contributed by atoms with E-state index >= 15 is 0 Å². The zero-order chi connectivity index (χ0) is 12.8. The highest BCUT2D eigenvalue weighted by atomic mass is 32.1. The molecule has 0 radical (unpaired) electrons. The lowest BCUT2D eigenvalue weighted by Crippen LogP contribution is -2.41. The highest BCUT2D eigenvalue weighted by Crippen LogP contribution is 2.10. The second kappa shape index (κ2) is 6.02. The Morgan fingerprint density at radius 2 is 2.11 bits per heavy atom. The first-order valence-electron chi connectivity index (χ1n) is 5.50. The van der Waals surface area contributed by atoms with Gasteiger partial charge in [0.25, 0.3) is 5.91 Å². The van der Waals surface area contributed by atoms with Gasteiger partial charge in [-0.2, -0.15) is 0 Å². The summed E-state index contributed by atoms with van der Waals surface area (Å²) in [6.45, 7) is 0. The van der Waals surface area contributed by atoms with Gasteiger partial charge in [-0.3, -0.25) is 20.4 Å². The minimum absolute atomic E-state index is 0.205. The van der Waals surface area contributed by atoms with E-state index in [0.29, 0.717) is 18.5 Å². The monoisotopic (exact) mass is 263 g/mol. The Morgan fingerprint density at radius 1 is 1.22 bits per heavy atom. The molecule has 2 aromatic rings. The topological polar surface area (TPSA) is 74.0 Å². The lowest BCUT2D eigenvalue weighted by Gasteiger charge is -2.05. The fourth-order valence-corrected chi connectivity index (χ4v) is 2.13. The molecule has 2 rings (SSSR count). The summed E-state index contributed by atoms with van der Waals surface area (Å²) in [6.07, 6.45) is 2.68. The summed E-state index contributed by atoms with van der Waals surface area (Å²) in [5.41, 5.74) is 5.14. The zero-order valence-corrected chi connectivity index (χ0v) is 10.4. The molecule has 0 aliphatic rings. The predicted octanol–water partition coefficient (Wildman–Crippen LogP) is 1.47. The molecule has 6 heteroatoms. The Bertz CT molecular complexity index is 505. The highest BCUT2D eigenvalue weighted by molar-refractivity contribution is 7.09. The van der Waals surface area contributed by atoms with Crippen LogP contribution in [0.15, 0.2) is 35.8 Å². The van der Waals surface area contributed by atoms with Crippen molar-refractivity contribution < 1.29 is 9.59 Å². The quantitative estimate of drug-likeness (QED) is 0.731. The van der Waals surface area contributed by atoms with E-state index < -0.39 is 0 Å². The van der Waals surface area contributed by atoms with Crippen molar-refractivity contribution in [3.8, 4) is 0 Å². The van der Waals surface area contributed by atoms with Gasteiger partial charge in [0.2, 0.25) is 5.91 Å². The molecule has 18 heavy (non-hydrogen) atoms. The van der Waals surface area contributed by atoms with Gasteiger partial charge in [-0.25, -0.2) is 0 Å². The maximum absolute atomic E-state index is 11.5. The average molecular weight is 263 g/mol. The number of rotatable bonds is 4. The molecule has 2 heterocycles. The van der Waals surface area contributed by atoms with Crippen LogP contribution in [0.5, 0.6) is 0 Å². The molecule has 0 fully saturated rings. The van der Waals surface area contributed by atoms with E-state index in [-0.39, 0.29) is 11.8 Å². The van der Waals surface area contributed by atoms with Gasteiger partial charge in [-0.15, -0.1) is 11.3 Å². The number of carbonyl (C=O) groups excluding carboxylic acids is 2. The van der Waals surface area contributed by atoms with E-state index in [1.807, 2.05) is 17.5 Å². The lowest BCUT2D eigenvalue weighted by atomic mass is 10.2. The number of nitrogens with one attached hydrogen (secondary N) is 3. The molecule has 0 aliphatic carbocycles. The smallest absolute Gasteiger partial charge is 0.286 e. The Labute approximate surface area is 108 Å². The Balaban J connectivity index is 1.70. The molecule has 3 N–H and O–H groups in total. The summed E-state index contributed by atoms with van der Waals surface area (Å²) < 4.78 is 0. The third-order valence-corrected chi connectivity index (χ3v) is 3.27. The summed E-state index contributed by atoms with van der Waals surface area (Å²) in [5.74, 6) is -0.562. The number of amides is 2. The van der Waals surface area contributed by atoms with Crippen LogP contribution in [-0.4, -0.2) is 16.8 Å². The van der Waals surface area contributed by atoms with E-state index in [0.717, 1.165) is 4.88 Å². The van der Waals surface area contributed by atoms with Crippen molar-refractivity contribution in [3.63, 3.8) is 0 Å². The minimum atomic E-state index is -0.357. The second-order valence-corrected chi connectivity index (χ2v) is 4.70. The van der Waals surface area contributed by atoms with E-state index in [1.165, 1.54) is 0 Å². The Morgan fingerprint density at radius 3 is 2.78 bits per heavy atom. The molecule has 0 unspecified atom stereocenters. The highest BCUT2D eigenvalue weighted by Gasteiger charge is 2.07. The number of hydrogen-bond acceptors (Lipinski definition) is 3. The van der Waals surface area contributed by atoms with Crippen molar-refractivity contribution in [1.29, 1.82) is 0 Å². The van der Waals surface area contributed by atoms with Gasteiger partial charge in [0.15, 0.2) is 0 Å². The molecule has 0 spiro atoms. The first-order chi connectivity index (χ1) is 8.75. The summed E-state index contributed by atoms with van der Waals surface area (Å²) in [6, 6.07) is 7.28. The summed E-state index contributed by atoms with van der Waals surface area (Å²) in [7, 11) is 0. The number of H-pyrrole nitrogens is 1. The van der Waals surface area contributed by atoms with Crippen molar-refractivity contribution in [1.82, 2.24) is 15.8 Å². The molecular formula is C12H13N3O2S. The number of hydrazine groups is 1. The molecule has 0 atom stereocenters. The number of hydrogen-bond donors (Lipinski definition) is 3. The summed E-state index contributed by atoms with van der Waals surface area (Å²) in [5, 5.41) is 1.97. The van der Waals surface area contributed by atoms with Crippen molar-refractivity contribution >= 4 is 23.2 Å². The van der Waals surface area contributed by atoms with E-state index in [4.69, 9.17) is 0 Å². The first kappa shape index (κ1) is 12.4. The van der Waals surface area contributed by atoms with Crippen LogP contribution in [0.1, 0.15) is 21.8 Å². The van der Waals surface area contributed by atoms with Gasteiger partial charge in [-0.1, -0.05) is 6.07 Å². The van der Waals surface area contributed by atoms with Crippen LogP contribution >= 0.6 is 11.3 Å². The van der Waals surface area contributed by atoms with Crippen LogP contribution in [0.3, 0.4) is 0 Å². The molecule has 0 aromatic carbocycles. The van der Waals surface area contributed by atoms with Gasteiger partial charge < -0.3 is 4.98 Å². The van der Waals surface area contributed by atoms with E-state index in [1.54, 1.807) is 29.7 Å². The van der Waals surface area contributed by atoms with Gasteiger partial charge >= 0.3 is 0 Å². The number of aromatic nitrogens is 1. The maximum Gasteiger partial charge on any atom is 0.286 e. The Kier molecular flexibility index (Phi) is 4.14. The maximum atomic E-state index is 11.5. The molecule has 94 valence electrons. The summed E-state index contributed by atoms with van der Waals surface area (Å²) >= 11 is 1.61.